The molecular formula is C24H30ClN3O3. The number of hydrogen-bond acceptors (Lipinski definition) is 5. The SMILES string of the molecule is Cc1cccc(N2C=CN(C(C(=O)N3C[C@H](Cl)C4OCC(=O)[C@H]43)C3CCCCC3)C2)c1. The first kappa shape index (κ1) is 20.8. The number of amides is 1. The maximum absolute atomic E-state index is 13.9. The summed E-state index contributed by atoms with van der Waals surface area (Å²) in [7, 11) is 0. The average Bonchev–Trinajstić information content (AvgIpc) is 3.48. The van der Waals surface area contributed by atoms with Crippen LogP contribution in [0.2, 0.25) is 0 Å². The molecule has 2 unspecified atom stereocenters. The molecule has 1 amide bonds. The van der Waals surface area contributed by atoms with Crippen molar-refractivity contribution in [3.8, 4) is 0 Å². The van der Waals surface area contributed by atoms with Crippen molar-refractivity contribution in [2.24, 2.45) is 5.92 Å². The van der Waals surface area contributed by atoms with Crippen molar-refractivity contribution in [3.05, 3.63) is 42.2 Å². The highest BCUT2D eigenvalue weighted by molar-refractivity contribution is 6.22. The summed E-state index contributed by atoms with van der Waals surface area (Å²) < 4.78 is 5.61. The zero-order valence-corrected chi connectivity index (χ0v) is 18.7. The maximum Gasteiger partial charge on any atom is 0.246 e. The molecule has 6 nitrogen and oxygen atoms in total. The first-order valence-corrected chi connectivity index (χ1v) is 11.8. The third-order valence-corrected chi connectivity index (χ3v) is 7.59. The molecule has 3 aliphatic heterocycles. The molecule has 1 aromatic rings. The second-order valence-corrected chi connectivity index (χ2v) is 9.86. The quantitative estimate of drug-likeness (QED) is 0.668. The van der Waals surface area contributed by atoms with Crippen molar-refractivity contribution >= 4 is 29.0 Å². The van der Waals surface area contributed by atoms with E-state index in [1.165, 1.54) is 12.0 Å². The molecule has 3 fully saturated rings. The van der Waals surface area contributed by atoms with Gasteiger partial charge in [-0.25, -0.2) is 0 Å². The topological polar surface area (TPSA) is 53.1 Å². The number of carbonyl (C=O) groups excluding carboxylic acids is 2. The minimum absolute atomic E-state index is 0.0257. The van der Waals surface area contributed by atoms with Crippen LogP contribution in [0.15, 0.2) is 36.7 Å². The molecule has 7 heteroatoms. The molecular weight excluding hydrogens is 414 g/mol. The molecule has 1 aliphatic carbocycles. The van der Waals surface area contributed by atoms with Gasteiger partial charge in [0, 0.05) is 24.6 Å². The monoisotopic (exact) mass is 443 g/mol. The molecule has 0 N–H and O–H groups in total. The summed E-state index contributed by atoms with van der Waals surface area (Å²) in [6.07, 6.45) is 9.34. The zero-order chi connectivity index (χ0) is 21.5. The smallest absolute Gasteiger partial charge is 0.246 e. The van der Waals surface area contributed by atoms with Gasteiger partial charge in [0.2, 0.25) is 5.91 Å². The van der Waals surface area contributed by atoms with E-state index in [2.05, 4.69) is 47.2 Å². The molecule has 1 aromatic carbocycles. The minimum atomic E-state index is -0.527. The number of Topliss-reactive ketones (excluding diaryl/α,β-unsaturated/α-hetero) is 1. The second-order valence-electron chi connectivity index (χ2n) is 9.30. The number of fused-ring (bicyclic) bond motifs is 1. The average molecular weight is 444 g/mol. The van der Waals surface area contributed by atoms with E-state index < -0.39 is 6.04 Å². The van der Waals surface area contributed by atoms with Crippen LogP contribution >= 0.6 is 11.6 Å². The van der Waals surface area contributed by atoms with Gasteiger partial charge in [0.1, 0.15) is 24.8 Å². The predicted octanol–water partition coefficient (Wildman–Crippen LogP) is 3.28. The molecule has 0 aromatic heterocycles. The number of anilines is 1. The highest BCUT2D eigenvalue weighted by Gasteiger charge is 2.53. The third kappa shape index (κ3) is 3.85. The van der Waals surface area contributed by atoms with Crippen LogP contribution in [0, 0.1) is 12.8 Å². The van der Waals surface area contributed by atoms with Crippen molar-refractivity contribution in [2.75, 3.05) is 24.7 Å². The molecule has 3 heterocycles. The molecule has 166 valence electrons. The lowest BCUT2D eigenvalue weighted by Crippen LogP contribution is -2.54. The number of carbonyl (C=O) groups is 2. The fourth-order valence-corrected chi connectivity index (χ4v) is 6.01. The highest BCUT2D eigenvalue weighted by atomic mass is 35.5. The van der Waals surface area contributed by atoms with E-state index in [1.54, 1.807) is 4.90 Å². The molecule has 0 spiro atoms. The van der Waals surface area contributed by atoms with Gasteiger partial charge in [-0.15, -0.1) is 11.6 Å². The summed E-state index contributed by atoms with van der Waals surface area (Å²) in [5, 5.41) is -0.328. The van der Waals surface area contributed by atoms with Crippen molar-refractivity contribution in [1.29, 1.82) is 0 Å². The minimum Gasteiger partial charge on any atom is -0.366 e. The van der Waals surface area contributed by atoms with Crippen LogP contribution < -0.4 is 4.90 Å². The normalized spacial score (nSPS) is 29.7. The van der Waals surface area contributed by atoms with Crippen LogP contribution in [-0.2, 0) is 14.3 Å². The second kappa shape index (κ2) is 8.47. The molecule has 31 heavy (non-hydrogen) atoms. The first-order valence-electron chi connectivity index (χ1n) is 11.4. The largest absolute Gasteiger partial charge is 0.366 e. The number of ether oxygens (including phenoxy) is 1. The molecule has 0 radical (unpaired) electrons. The molecule has 4 atom stereocenters. The Morgan fingerprint density at radius 2 is 2.00 bits per heavy atom. The van der Waals surface area contributed by atoms with Gasteiger partial charge in [0.25, 0.3) is 0 Å². The van der Waals surface area contributed by atoms with Crippen molar-refractivity contribution in [1.82, 2.24) is 9.80 Å². The van der Waals surface area contributed by atoms with Crippen LogP contribution in [-0.4, -0.2) is 64.9 Å². The van der Waals surface area contributed by atoms with Crippen LogP contribution in [0.5, 0.6) is 0 Å². The van der Waals surface area contributed by atoms with E-state index in [0.29, 0.717) is 13.2 Å². The number of halogens is 1. The number of hydrogen-bond donors (Lipinski definition) is 0. The van der Waals surface area contributed by atoms with E-state index in [4.69, 9.17) is 16.3 Å². The number of aryl methyl sites for hydroxylation is 1. The molecule has 5 rings (SSSR count). The Morgan fingerprint density at radius 1 is 1.19 bits per heavy atom. The van der Waals surface area contributed by atoms with Crippen LogP contribution in [0.25, 0.3) is 0 Å². The lowest BCUT2D eigenvalue weighted by Gasteiger charge is -2.39. The fraction of sp³-hybridized carbons (Fsp3) is 0.583. The Kier molecular flexibility index (Phi) is 5.69. The Morgan fingerprint density at radius 3 is 2.77 bits per heavy atom. The Labute approximate surface area is 188 Å². The van der Waals surface area contributed by atoms with E-state index in [0.717, 1.165) is 31.4 Å². The van der Waals surface area contributed by atoms with E-state index >= 15 is 0 Å². The number of benzene rings is 1. The van der Waals surface area contributed by atoms with Gasteiger partial charge < -0.3 is 19.4 Å². The standard InChI is InChI=1S/C24H30ClN3O3/c1-16-6-5-9-18(12-16)26-10-11-27(15-26)21(17-7-3-2-4-8-17)24(30)28-13-19(25)23-22(28)20(29)14-31-23/h5-6,9-12,17,19,21-23H,2-4,7-8,13-15H2,1H3/t19-,21?,22+,23?/m0/s1. The Hall–Kier alpha value is -2.05. The molecule has 4 aliphatic rings. The maximum atomic E-state index is 13.9. The predicted molar refractivity (Wildman–Crippen MR) is 120 cm³/mol. The number of nitrogens with zero attached hydrogens (tertiary/aromatic N) is 3. The van der Waals surface area contributed by atoms with Crippen molar-refractivity contribution in [2.45, 2.75) is 62.6 Å². The number of ketones is 1. The van der Waals surface area contributed by atoms with E-state index in [1.807, 2.05) is 6.20 Å². The lowest BCUT2D eigenvalue weighted by molar-refractivity contribution is -0.142. The molecule has 2 saturated heterocycles. The van der Waals surface area contributed by atoms with Crippen LogP contribution in [0.1, 0.15) is 37.7 Å². The van der Waals surface area contributed by atoms with Gasteiger partial charge in [-0.3, -0.25) is 9.59 Å². The van der Waals surface area contributed by atoms with Gasteiger partial charge in [0.15, 0.2) is 5.78 Å². The molecule has 0 bridgehead atoms. The summed E-state index contributed by atoms with van der Waals surface area (Å²) >= 11 is 6.48. The lowest BCUT2D eigenvalue weighted by atomic mass is 9.82. The van der Waals surface area contributed by atoms with Crippen molar-refractivity contribution < 1.29 is 14.3 Å². The first-order chi connectivity index (χ1) is 15.0. The van der Waals surface area contributed by atoms with Crippen LogP contribution in [0.3, 0.4) is 0 Å². The Bertz CT molecular complexity index is 885. The summed E-state index contributed by atoms with van der Waals surface area (Å²) in [5.74, 6) is 0.287. The zero-order valence-electron chi connectivity index (χ0n) is 18.0. The highest BCUT2D eigenvalue weighted by Crippen LogP contribution is 2.36. The van der Waals surface area contributed by atoms with Gasteiger partial charge in [-0.1, -0.05) is 31.4 Å². The van der Waals surface area contributed by atoms with Crippen molar-refractivity contribution in [3.63, 3.8) is 0 Å². The van der Waals surface area contributed by atoms with Crippen LogP contribution in [0.4, 0.5) is 5.69 Å². The fourth-order valence-electron chi connectivity index (χ4n) is 5.65. The summed E-state index contributed by atoms with van der Waals surface area (Å²) in [6, 6.07) is 7.59. The summed E-state index contributed by atoms with van der Waals surface area (Å²) in [4.78, 5) is 32.5. The van der Waals surface area contributed by atoms with E-state index in [9.17, 15) is 9.59 Å². The molecule has 1 saturated carbocycles. The summed E-state index contributed by atoms with van der Waals surface area (Å²) in [5.41, 5.74) is 2.33. The Balaban J connectivity index is 1.39. The van der Waals surface area contributed by atoms with Gasteiger partial charge >= 0.3 is 0 Å². The number of likely N-dealkylation sites (tertiary alicyclic amines) is 1. The van der Waals surface area contributed by atoms with E-state index in [-0.39, 0.29) is 41.7 Å². The van der Waals surface area contributed by atoms with Gasteiger partial charge in [-0.05, 0) is 43.4 Å². The van der Waals surface area contributed by atoms with Gasteiger partial charge in [0.05, 0.1) is 12.0 Å². The van der Waals surface area contributed by atoms with Gasteiger partial charge in [-0.2, -0.15) is 0 Å². The number of rotatable bonds is 4. The number of alkyl halides is 1. The third-order valence-electron chi connectivity index (χ3n) is 7.20. The summed E-state index contributed by atoms with van der Waals surface area (Å²) in [6.45, 7) is 3.15.